The molecule has 1 fully saturated rings. The Balaban J connectivity index is 1.49. The van der Waals surface area contributed by atoms with E-state index in [0.29, 0.717) is 18.9 Å². The zero-order valence-electron chi connectivity index (χ0n) is 17.2. The summed E-state index contributed by atoms with van der Waals surface area (Å²) in [5.41, 5.74) is 2.92. The Kier molecular flexibility index (Phi) is 6.86. The number of aromatic nitrogens is 1. The van der Waals surface area contributed by atoms with Gasteiger partial charge in [0.1, 0.15) is 0 Å². The Morgan fingerprint density at radius 1 is 1.00 bits per heavy atom. The minimum atomic E-state index is -3.73. The van der Waals surface area contributed by atoms with E-state index in [2.05, 4.69) is 10.3 Å². The number of morpholine rings is 1. The van der Waals surface area contributed by atoms with Gasteiger partial charge in [-0.05, 0) is 60.0 Å². The summed E-state index contributed by atoms with van der Waals surface area (Å²) in [4.78, 5) is 16.9. The summed E-state index contributed by atoms with van der Waals surface area (Å²) in [5, 5.41) is 2.96. The van der Waals surface area contributed by atoms with Crippen molar-refractivity contribution in [3.05, 3.63) is 88.7 Å². The molecule has 0 radical (unpaired) electrons. The molecule has 1 saturated heterocycles. The zero-order valence-corrected chi connectivity index (χ0v) is 18.8. The molecule has 0 saturated carbocycles. The summed E-state index contributed by atoms with van der Waals surface area (Å²) in [6.45, 7) is 1.24. The summed E-state index contributed by atoms with van der Waals surface area (Å²) >= 11 is 6.21. The summed E-state index contributed by atoms with van der Waals surface area (Å²) in [6, 6.07) is 15.5. The first-order chi connectivity index (χ1) is 15.4. The number of amides is 1. The molecule has 2 aromatic carbocycles. The summed E-state index contributed by atoms with van der Waals surface area (Å²) < 4.78 is 32.4. The Morgan fingerprint density at radius 3 is 2.34 bits per heavy atom. The first-order valence-electron chi connectivity index (χ1n) is 10.1. The number of nitrogens with one attached hydrogen (secondary N) is 1. The first kappa shape index (κ1) is 22.4. The van der Waals surface area contributed by atoms with E-state index >= 15 is 0 Å². The summed E-state index contributed by atoms with van der Waals surface area (Å²) in [6.07, 6.45) is 4.26. The molecule has 166 valence electrons. The standard InChI is InChI=1S/C23H22ClN3O4S/c24-22-6-5-20(32(29,30)27-11-13-31-14-12-27)16-21(22)23(28)26-19-3-1-17(2-4-19)15-18-7-9-25-10-8-18/h1-10,16H,11-15H2,(H,26,28). The molecular weight excluding hydrogens is 450 g/mol. The molecule has 2 heterocycles. The molecule has 0 unspecified atom stereocenters. The van der Waals surface area contributed by atoms with Crippen molar-refractivity contribution in [1.82, 2.24) is 9.29 Å². The molecule has 7 nitrogen and oxygen atoms in total. The van der Waals surface area contributed by atoms with Crippen LogP contribution in [0.2, 0.25) is 5.02 Å². The van der Waals surface area contributed by atoms with E-state index in [1.165, 1.54) is 22.5 Å². The molecule has 1 aromatic heterocycles. The molecule has 1 N–H and O–H groups in total. The number of hydrogen-bond acceptors (Lipinski definition) is 5. The van der Waals surface area contributed by atoms with Gasteiger partial charge in [-0.15, -0.1) is 0 Å². The molecule has 0 aliphatic carbocycles. The smallest absolute Gasteiger partial charge is 0.257 e. The number of carbonyl (C=O) groups excluding carboxylic acids is 1. The number of pyridine rings is 1. The largest absolute Gasteiger partial charge is 0.379 e. The fraction of sp³-hybridized carbons (Fsp3) is 0.217. The lowest BCUT2D eigenvalue weighted by molar-refractivity contribution is 0.0730. The van der Waals surface area contributed by atoms with E-state index in [-0.39, 0.29) is 28.6 Å². The number of sulfonamides is 1. The fourth-order valence-electron chi connectivity index (χ4n) is 3.42. The molecule has 32 heavy (non-hydrogen) atoms. The van der Waals surface area contributed by atoms with Crippen molar-refractivity contribution in [3.8, 4) is 0 Å². The molecule has 4 rings (SSSR count). The normalized spacial score (nSPS) is 14.8. The van der Waals surface area contributed by atoms with Crippen LogP contribution in [0.25, 0.3) is 0 Å². The van der Waals surface area contributed by atoms with Gasteiger partial charge in [-0.3, -0.25) is 9.78 Å². The van der Waals surface area contributed by atoms with E-state index in [9.17, 15) is 13.2 Å². The van der Waals surface area contributed by atoms with Crippen LogP contribution in [0.5, 0.6) is 0 Å². The Bertz CT molecular complexity index is 1200. The third kappa shape index (κ3) is 5.16. The van der Waals surface area contributed by atoms with Crippen molar-refractivity contribution >= 4 is 33.2 Å². The summed E-state index contributed by atoms with van der Waals surface area (Å²) in [5.74, 6) is -0.476. The number of carbonyl (C=O) groups is 1. The van der Waals surface area contributed by atoms with Gasteiger partial charge in [0.2, 0.25) is 10.0 Å². The van der Waals surface area contributed by atoms with Gasteiger partial charge in [0.15, 0.2) is 0 Å². The Labute approximate surface area is 192 Å². The molecule has 0 atom stereocenters. The minimum Gasteiger partial charge on any atom is -0.379 e. The Morgan fingerprint density at radius 2 is 1.66 bits per heavy atom. The first-order valence-corrected chi connectivity index (χ1v) is 11.9. The number of hydrogen-bond donors (Lipinski definition) is 1. The van der Waals surface area contributed by atoms with Crippen LogP contribution < -0.4 is 5.32 Å². The van der Waals surface area contributed by atoms with Gasteiger partial charge in [-0.25, -0.2) is 8.42 Å². The van der Waals surface area contributed by atoms with Gasteiger partial charge in [-0.1, -0.05) is 23.7 Å². The number of nitrogens with zero attached hydrogens (tertiary/aromatic N) is 2. The topological polar surface area (TPSA) is 88.6 Å². The van der Waals surface area contributed by atoms with Gasteiger partial charge < -0.3 is 10.1 Å². The second-order valence-corrected chi connectivity index (χ2v) is 9.69. The predicted molar refractivity (Wildman–Crippen MR) is 122 cm³/mol. The van der Waals surface area contributed by atoms with Crippen molar-refractivity contribution in [3.63, 3.8) is 0 Å². The highest BCUT2D eigenvalue weighted by molar-refractivity contribution is 7.89. The maximum atomic E-state index is 12.9. The lowest BCUT2D eigenvalue weighted by Crippen LogP contribution is -2.40. The molecule has 3 aromatic rings. The maximum Gasteiger partial charge on any atom is 0.257 e. The molecular formula is C23H22ClN3O4S. The van der Waals surface area contributed by atoms with Gasteiger partial charge >= 0.3 is 0 Å². The van der Waals surface area contributed by atoms with E-state index < -0.39 is 15.9 Å². The quantitative estimate of drug-likeness (QED) is 0.593. The third-order valence-corrected chi connectivity index (χ3v) is 7.38. The van der Waals surface area contributed by atoms with Crippen LogP contribution in [0.1, 0.15) is 21.5 Å². The van der Waals surface area contributed by atoms with E-state index in [1.54, 1.807) is 24.5 Å². The zero-order chi connectivity index (χ0) is 22.6. The van der Waals surface area contributed by atoms with Crippen molar-refractivity contribution in [2.24, 2.45) is 0 Å². The highest BCUT2D eigenvalue weighted by atomic mass is 35.5. The van der Waals surface area contributed by atoms with Crippen LogP contribution in [0.4, 0.5) is 5.69 Å². The van der Waals surface area contributed by atoms with Gasteiger partial charge in [0, 0.05) is 31.2 Å². The second kappa shape index (κ2) is 9.79. The maximum absolute atomic E-state index is 12.9. The lowest BCUT2D eigenvalue weighted by atomic mass is 10.1. The number of halogens is 1. The highest BCUT2D eigenvalue weighted by Crippen LogP contribution is 2.25. The monoisotopic (exact) mass is 471 g/mol. The molecule has 9 heteroatoms. The highest BCUT2D eigenvalue weighted by Gasteiger charge is 2.27. The van der Waals surface area contributed by atoms with E-state index in [1.807, 2.05) is 24.3 Å². The molecule has 0 spiro atoms. The second-order valence-electron chi connectivity index (χ2n) is 7.34. The number of rotatable bonds is 6. The number of ether oxygens (including phenoxy) is 1. The van der Waals surface area contributed by atoms with Crippen LogP contribution in [-0.2, 0) is 21.2 Å². The number of anilines is 1. The van der Waals surface area contributed by atoms with E-state index in [4.69, 9.17) is 16.3 Å². The van der Waals surface area contributed by atoms with Crippen molar-refractivity contribution in [2.45, 2.75) is 11.3 Å². The van der Waals surface area contributed by atoms with Crippen molar-refractivity contribution < 1.29 is 17.9 Å². The van der Waals surface area contributed by atoms with Crippen LogP contribution in [0, 0.1) is 0 Å². The van der Waals surface area contributed by atoms with Gasteiger partial charge in [-0.2, -0.15) is 4.31 Å². The fourth-order valence-corrected chi connectivity index (χ4v) is 5.05. The predicted octanol–water partition coefficient (Wildman–Crippen LogP) is 3.60. The van der Waals surface area contributed by atoms with Crippen LogP contribution in [-0.4, -0.2) is 49.9 Å². The van der Waals surface area contributed by atoms with Crippen LogP contribution >= 0.6 is 11.6 Å². The number of benzene rings is 2. The minimum absolute atomic E-state index is 0.0293. The Hall–Kier alpha value is -2.78. The molecule has 1 aliphatic rings. The summed E-state index contributed by atoms with van der Waals surface area (Å²) in [7, 11) is -3.73. The van der Waals surface area contributed by atoms with E-state index in [0.717, 1.165) is 17.5 Å². The van der Waals surface area contributed by atoms with Crippen LogP contribution in [0.3, 0.4) is 0 Å². The SMILES string of the molecule is O=C(Nc1ccc(Cc2ccncc2)cc1)c1cc(S(=O)(=O)N2CCOCC2)ccc1Cl. The average molecular weight is 472 g/mol. The average Bonchev–Trinajstić information content (AvgIpc) is 2.82. The van der Waals surface area contributed by atoms with Gasteiger partial charge in [0.05, 0.1) is 28.7 Å². The molecule has 1 aliphatic heterocycles. The van der Waals surface area contributed by atoms with Crippen LogP contribution in [0.15, 0.2) is 71.9 Å². The lowest BCUT2D eigenvalue weighted by Gasteiger charge is -2.26. The van der Waals surface area contributed by atoms with Gasteiger partial charge in [0.25, 0.3) is 5.91 Å². The molecule has 0 bridgehead atoms. The third-order valence-electron chi connectivity index (χ3n) is 5.16. The molecule has 1 amide bonds. The van der Waals surface area contributed by atoms with Crippen molar-refractivity contribution in [1.29, 1.82) is 0 Å². The van der Waals surface area contributed by atoms with Crippen molar-refractivity contribution in [2.75, 3.05) is 31.6 Å².